The number of amides is 1. The van der Waals surface area contributed by atoms with Crippen molar-refractivity contribution in [2.24, 2.45) is 0 Å². The van der Waals surface area contributed by atoms with Crippen LogP contribution >= 0.6 is 11.8 Å². The van der Waals surface area contributed by atoms with E-state index in [9.17, 15) is 18.0 Å². The summed E-state index contributed by atoms with van der Waals surface area (Å²) < 4.78 is 42.3. The Kier molecular flexibility index (Phi) is 5.68. The Morgan fingerprint density at radius 1 is 1.29 bits per heavy atom. The fourth-order valence-corrected chi connectivity index (χ4v) is 3.20. The van der Waals surface area contributed by atoms with Crippen LogP contribution in [0, 0.1) is 0 Å². The Hall–Kier alpha value is -2.89. The zero-order valence-electron chi connectivity index (χ0n) is 14.9. The number of carbonyl (C=O) groups is 1. The molecule has 148 valence electrons. The molecule has 0 spiro atoms. The molecule has 0 saturated heterocycles. The second-order valence-corrected chi connectivity index (χ2v) is 6.96. The van der Waals surface area contributed by atoms with Crippen LogP contribution in [0.5, 0.6) is 0 Å². The van der Waals surface area contributed by atoms with Gasteiger partial charge in [0.15, 0.2) is 5.16 Å². The van der Waals surface area contributed by atoms with Gasteiger partial charge < -0.3 is 9.88 Å². The number of thioether (sulfide) groups is 1. The molecule has 0 fully saturated rings. The Balaban J connectivity index is 1.79. The summed E-state index contributed by atoms with van der Waals surface area (Å²) in [4.78, 5) is 16.1. The van der Waals surface area contributed by atoms with E-state index in [2.05, 4.69) is 25.6 Å². The monoisotopic (exact) mass is 411 g/mol. The molecule has 0 saturated carbocycles. The number of anilines is 1. The van der Waals surface area contributed by atoms with Gasteiger partial charge in [-0.25, -0.2) is 9.67 Å². The predicted octanol–water partition coefficient (Wildman–Crippen LogP) is 3.19. The summed E-state index contributed by atoms with van der Waals surface area (Å²) in [5.41, 5.74) is -0.621. The summed E-state index contributed by atoms with van der Waals surface area (Å²) >= 11 is 1.14. The fraction of sp³-hybridized carbons (Fsp3) is 0.312. The number of rotatable bonds is 6. The molecule has 3 rings (SSSR count). The van der Waals surface area contributed by atoms with Crippen molar-refractivity contribution in [3.8, 4) is 5.69 Å². The highest BCUT2D eigenvalue weighted by molar-refractivity contribution is 7.99. The Morgan fingerprint density at radius 2 is 2.07 bits per heavy atom. The van der Waals surface area contributed by atoms with Crippen molar-refractivity contribution in [3.63, 3.8) is 0 Å². The molecule has 12 heteroatoms. The van der Waals surface area contributed by atoms with Crippen molar-refractivity contribution in [1.82, 2.24) is 29.5 Å². The van der Waals surface area contributed by atoms with Gasteiger partial charge in [-0.15, -0.1) is 10.2 Å². The van der Waals surface area contributed by atoms with Gasteiger partial charge in [-0.1, -0.05) is 11.8 Å². The van der Waals surface area contributed by atoms with Gasteiger partial charge in [-0.2, -0.15) is 18.3 Å². The molecule has 0 atom stereocenters. The first-order valence-electron chi connectivity index (χ1n) is 8.14. The standard InChI is InChI=1S/C16H16F3N7OS/c1-10(2)25-9-21-24-15(25)28-6-14(27)23-12-5-11(16(17,18)19)3-4-13(12)26-8-20-7-22-26/h3-5,7-10H,6H2,1-2H3,(H,23,27). The van der Waals surface area contributed by atoms with Crippen LogP contribution < -0.4 is 5.32 Å². The zero-order chi connectivity index (χ0) is 20.3. The number of hydrogen-bond donors (Lipinski definition) is 1. The summed E-state index contributed by atoms with van der Waals surface area (Å²) in [5, 5.41) is 14.7. The number of alkyl halides is 3. The normalized spacial score (nSPS) is 11.8. The maximum absolute atomic E-state index is 13.1. The van der Waals surface area contributed by atoms with Crippen molar-refractivity contribution in [2.75, 3.05) is 11.1 Å². The highest BCUT2D eigenvalue weighted by Gasteiger charge is 2.31. The van der Waals surface area contributed by atoms with Crippen molar-refractivity contribution >= 4 is 23.4 Å². The van der Waals surface area contributed by atoms with Crippen LogP contribution in [0.4, 0.5) is 18.9 Å². The molecule has 28 heavy (non-hydrogen) atoms. The van der Waals surface area contributed by atoms with Gasteiger partial charge in [0, 0.05) is 6.04 Å². The summed E-state index contributed by atoms with van der Waals surface area (Å²) in [6.45, 7) is 3.89. The molecule has 0 aliphatic carbocycles. The molecule has 2 aromatic heterocycles. The smallest absolute Gasteiger partial charge is 0.323 e. The second-order valence-electron chi connectivity index (χ2n) is 6.02. The predicted molar refractivity (Wildman–Crippen MR) is 96.1 cm³/mol. The third-order valence-electron chi connectivity index (χ3n) is 3.69. The lowest BCUT2D eigenvalue weighted by molar-refractivity contribution is -0.137. The topological polar surface area (TPSA) is 90.5 Å². The van der Waals surface area contributed by atoms with Crippen LogP contribution in [-0.4, -0.2) is 41.2 Å². The molecular formula is C16H16F3N7OS. The molecule has 3 aromatic rings. The molecule has 8 nitrogen and oxygen atoms in total. The van der Waals surface area contributed by atoms with E-state index in [1.165, 1.54) is 23.4 Å². The third-order valence-corrected chi connectivity index (χ3v) is 4.65. The highest BCUT2D eigenvalue weighted by Crippen LogP contribution is 2.33. The largest absolute Gasteiger partial charge is 0.416 e. The number of carbonyl (C=O) groups excluding carboxylic acids is 1. The summed E-state index contributed by atoms with van der Waals surface area (Å²) in [6, 6.07) is 3.14. The zero-order valence-corrected chi connectivity index (χ0v) is 15.7. The van der Waals surface area contributed by atoms with Gasteiger partial charge >= 0.3 is 6.18 Å². The van der Waals surface area contributed by atoms with Crippen LogP contribution in [-0.2, 0) is 11.0 Å². The molecule has 1 aromatic carbocycles. The number of halogens is 3. The van der Waals surface area contributed by atoms with Crippen molar-refractivity contribution in [3.05, 3.63) is 42.7 Å². The first kappa shape index (κ1) is 19.9. The van der Waals surface area contributed by atoms with E-state index in [-0.39, 0.29) is 23.2 Å². The van der Waals surface area contributed by atoms with E-state index in [1.807, 2.05) is 13.8 Å². The summed E-state index contributed by atoms with van der Waals surface area (Å²) in [6.07, 6.45) is -0.403. The van der Waals surface area contributed by atoms with E-state index in [1.54, 1.807) is 10.9 Å². The van der Waals surface area contributed by atoms with Gasteiger partial charge in [0.05, 0.1) is 22.7 Å². The molecule has 1 N–H and O–H groups in total. The first-order valence-corrected chi connectivity index (χ1v) is 9.12. The third kappa shape index (κ3) is 4.50. The van der Waals surface area contributed by atoms with E-state index >= 15 is 0 Å². The lowest BCUT2D eigenvalue weighted by atomic mass is 10.1. The Labute approximate surface area is 162 Å². The van der Waals surface area contributed by atoms with Gasteiger partial charge in [-0.05, 0) is 32.0 Å². The van der Waals surface area contributed by atoms with Gasteiger partial charge in [0.1, 0.15) is 19.0 Å². The Bertz CT molecular complexity index is 954. The molecule has 1 amide bonds. The summed E-state index contributed by atoms with van der Waals surface area (Å²) in [5.74, 6) is -0.526. The molecule has 0 radical (unpaired) electrons. The van der Waals surface area contributed by atoms with Crippen LogP contribution in [0.1, 0.15) is 25.5 Å². The molecule has 0 bridgehead atoms. The SMILES string of the molecule is CC(C)n1cnnc1SCC(=O)Nc1cc(C(F)(F)F)ccc1-n1cncn1. The lowest BCUT2D eigenvalue weighted by Crippen LogP contribution is -2.17. The quantitative estimate of drug-likeness (QED) is 0.627. The minimum atomic E-state index is -4.54. The minimum Gasteiger partial charge on any atom is -0.323 e. The van der Waals surface area contributed by atoms with E-state index in [0.29, 0.717) is 5.16 Å². The van der Waals surface area contributed by atoms with Gasteiger partial charge in [0.2, 0.25) is 5.91 Å². The van der Waals surface area contributed by atoms with E-state index in [0.717, 1.165) is 23.9 Å². The maximum Gasteiger partial charge on any atom is 0.416 e. The molecule has 0 unspecified atom stereocenters. The Morgan fingerprint density at radius 3 is 2.71 bits per heavy atom. The van der Waals surface area contributed by atoms with Crippen LogP contribution in [0.25, 0.3) is 5.69 Å². The van der Waals surface area contributed by atoms with Gasteiger partial charge in [-0.3, -0.25) is 4.79 Å². The minimum absolute atomic E-state index is 0.0174. The van der Waals surface area contributed by atoms with Crippen molar-refractivity contribution in [1.29, 1.82) is 0 Å². The van der Waals surface area contributed by atoms with E-state index < -0.39 is 17.6 Å². The fourth-order valence-electron chi connectivity index (χ4n) is 2.35. The number of nitrogens with one attached hydrogen (secondary N) is 1. The van der Waals surface area contributed by atoms with Crippen LogP contribution in [0.15, 0.2) is 42.3 Å². The number of aromatic nitrogens is 6. The molecular weight excluding hydrogens is 395 g/mol. The maximum atomic E-state index is 13.1. The number of hydrogen-bond acceptors (Lipinski definition) is 6. The number of nitrogens with zero attached hydrogens (tertiary/aromatic N) is 6. The van der Waals surface area contributed by atoms with E-state index in [4.69, 9.17) is 0 Å². The average Bonchev–Trinajstić information content (AvgIpc) is 3.31. The lowest BCUT2D eigenvalue weighted by Gasteiger charge is -2.14. The van der Waals surface area contributed by atoms with Crippen molar-refractivity contribution < 1.29 is 18.0 Å². The van der Waals surface area contributed by atoms with Crippen LogP contribution in [0.2, 0.25) is 0 Å². The number of benzene rings is 1. The van der Waals surface area contributed by atoms with Crippen molar-refractivity contribution in [2.45, 2.75) is 31.2 Å². The molecule has 2 heterocycles. The first-order chi connectivity index (χ1) is 13.3. The van der Waals surface area contributed by atoms with Crippen LogP contribution in [0.3, 0.4) is 0 Å². The van der Waals surface area contributed by atoms with Gasteiger partial charge in [0.25, 0.3) is 0 Å². The highest BCUT2D eigenvalue weighted by atomic mass is 32.2. The molecule has 0 aliphatic rings. The molecule has 0 aliphatic heterocycles. The second kappa shape index (κ2) is 8.00. The summed E-state index contributed by atoms with van der Waals surface area (Å²) in [7, 11) is 0. The average molecular weight is 411 g/mol.